The first-order chi connectivity index (χ1) is 8.26. The van der Waals surface area contributed by atoms with Gasteiger partial charge in [0.1, 0.15) is 18.1 Å². The van der Waals surface area contributed by atoms with Crippen LogP contribution in [0.3, 0.4) is 0 Å². The molecule has 17 heavy (non-hydrogen) atoms. The second-order valence-electron chi connectivity index (χ2n) is 3.14. The molecule has 0 saturated heterocycles. The molecule has 0 atom stereocenters. The lowest BCUT2D eigenvalue weighted by Gasteiger charge is -2.04. The number of carbonyl (C=O) groups is 1. The molecule has 0 aliphatic heterocycles. The minimum absolute atomic E-state index is 0.325. The molecule has 0 heterocycles. The third kappa shape index (κ3) is 5.06. The van der Waals surface area contributed by atoms with Crippen LogP contribution in [0.2, 0.25) is 0 Å². The van der Waals surface area contributed by atoms with E-state index < -0.39 is 0 Å². The van der Waals surface area contributed by atoms with Crippen molar-refractivity contribution in [3.63, 3.8) is 0 Å². The Morgan fingerprint density at radius 3 is 2.47 bits per heavy atom. The number of benzene rings is 1. The van der Waals surface area contributed by atoms with Crippen LogP contribution in [0.5, 0.6) is 11.5 Å². The Bertz CT molecular complexity index is 368. The summed E-state index contributed by atoms with van der Waals surface area (Å²) in [5.74, 6) is 1.14. The highest BCUT2D eigenvalue weighted by Crippen LogP contribution is 2.16. The van der Waals surface area contributed by atoms with Crippen molar-refractivity contribution < 1.29 is 19.0 Å². The quantitative estimate of drug-likeness (QED) is 0.561. The van der Waals surface area contributed by atoms with Gasteiger partial charge in [0.25, 0.3) is 0 Å². The summed E-state index contributed by atoms with van der Waals surface area (Å²) in [5.41, 5.74) is 0. The second-order valence-corrected chi connectivity index (χ2v) is 3.14. The monoisotopic (exact) mass is 236 g/mol. The van der Waals surface area contributed by atoms with Crippen LogP contribution in [0.25, 0.3) is 0 Å². The van der Waals surface area contributed by atoms with Crippen molar-refractivity contribution in [3.8, 4) is 11.5 Å². The zero-order valence-electron chi connectivity index (χ0n) is 10.0. The van der Waals surface area contributed by atoms with Crippen molar-refractivity contribution in [3.05, 3.63) is 36.4 Å². The Kier molecular flexibility index (Phi) is 5.64. The smallest absolute Gasteiger partial charge is 0.330 e. The van der Waals surface area contributed by atoms with Gasteiger partial charge in [0.15, 0.2) is 0 Å². The van der Waals surface area contributed by atoms with Gasteiger partial charge in [0.05, 0.1) is 13.7 Å². The summed E-state index contributed by atoms with van der Waals surface area (Å²) >= 11 is 0. The average Bonchev–Trinajstić information content (AvgIpc) is 2.36. The van der Waals surface area contributed by atoms with E-state index in [4.69, 9.17) is 14.2 Å². The molecule has 1 rings (SSSR count). The molecule has 1 aromatic rings. The Morgan fingerprint density at radius 2 is 1.88 bits per heavy atom. The maximum atomic E-state index is 11.0. The molecular formula is C13H16O4. The first kappa shape index (κ1) is 13.1. The number of ether oxygens (including phenoxy) is 3. The van der Waals surface area contributed by atoms with Gasteiger partial charge in [-0.3, -0.25) is 0 Å². The molecular weight excluding hydrogens is 220 g/mol. The van der Waals surface area contributed by atoms with Crippen LogP contribution in [0.1, 0.15) is 6.92 Å². The van der Waals surface area contributed by atoms with Crippen LogP contribution in [-0.4, -0.2) is 26.3 Å². The third-order valence-corrected chi connectivity index (χ3v) is 1.95. The van der Waals surface area contributed by atoms with Gasteiger partial charge < -0.3 is 14.2 Å². The molecule has 0 N–H and O–H groups in total. The van der Waals surface area contributed by atoms with Crippen LogP contribution in [0.4, 0.5) is 0 Å². The van der Waals surface area contributed by atoms with Crippen LogP contribution in [-0.2, 0) is 9.53 Å². The number of methoxy groups -OCH3 is 1. The van der Waals surface area contributed by atoms with Gasteiger partial charge in [-0.05, 0) is 37.3 Å². The van der Waals surface area contributed by atoms with E-state index in [0.29, 0.717) is 13.2 Å². The van der Waals surface area contributed by atoms with Gasteiger partial charge in [-0.1, -0.05) is 0 Å². The predicted octanol–water partition coefficient (Wildman–Crippen LogP) is 2.19. The van der Waals surface area contributed by atoms with E-state index >= 15 is 0 Å². The van der Waals surface area contributed by atoms with Crippen LogP contribution in [0, 0.1) is 0 Å². The number of rotatable bonds is 6. The van der Waals surface area contributed by atoms with Crippen LogP contribution >= 0.6 is 0 Å². The first-order valence-corrected chi connectivity index (χ1v) is 5.36. The van der Waals surface area contributed by atoms with Crippen molar-refractivity contribution in [1.29, 1.82) is 0 Å². The maximum absolute atomic E-state index is 11.0. The molecule has 0 amide bonds. The van der Waals surface area contributed by atoms with Crippen molar-refractivity contribution in [2.45, 2.75) is 6.92 Å². The largest absolute Gasteiger partial charge is 0.497 e. The van der Waals surface area contributed by atoms with E-state index in [9.17, 15) is 4.79 Å². The number of esters is 1. The van der Waals surface area contributed by atoms with E-state index in [2.05, 4.69) is 0 Å². The Morgan fingerprint density at radius 1 is 1.24 bits per heavy atom. The standard InChI is InChI=1S/C13H16O4/c1-3-16-13(14)5-4-10-17-12-8-6-11(15-2)7-9-12/h4-9H,3,10H2,1-2H3. The summed E-state index contributed by atoms with van der Waals surface area (Å²) in [6.45, 7) is 2.47. The van der Waals surface area contributed by atoms with Crippen molar-refractivity contribution in [1.82, 2.24) is 0 Å². The SMILES string of the molecule is CCOC(=O)C=CCOc1ccc(OC)cc1. The Balaban J connectivity index is 2.32. The van der Waals surface area contributed by atoms with Crippen molar-refractivity contribution >= 4 is 5.97 Å². The van der Waals surface area contributed by atoms with E-state index in [0.717, 1.165) is 11.5 Å². The maximum Gasteiger partial charge on any atom is 0.330 e. The molecule has 0 aliphatic carbocycles. The minimum Gasteiger partial charge on any atom is -0.497 e. The molecule has 0 saturated carbocycles. The molecule has 0 aliphatic rings. The van der Waals surface area contributed by atoms with Crippen LogP contribution < -0.4 is 9.47 Å². The fourth-order valence-corrected chi connectivity index (χ4v) is 1.15. The molecule has 0 radical (unpaired) electrons. The van der Waals surface area contributed by atoms with Gasteiger partial charge in [-0.25, -0.2) is 4.79 Å². The number of carbonyl (C=O) groups excluding carboxylic acids is 1. The van der Waals surface area contributed by atoms with Crippen LogP contribution in [0.15, 0.2) is 36.4 Å². The highest BCUT2D eigenvalue weighted by molar-refractivity contribution is 5.81. The highest BCUT2D eigenvalue weighted by Gasteiger charge is 1.95. The predicted molar refractivity (Wildman–Crippen MR) is 64.3 cm³/mol. The van der Waals surface area contributed by atoms with Gasteiger partial charge in [0.2, 0.25) is 0 Å². The van der Waals surface area contributed by atoms with E-state index in [1.807, 2.05) is 12.1 Å². The second kappa shape index (κ2) is 7.33. The highest BCUT2D eigenvalue weighted by atomic mass is 16.5. The molecule has 0 fully saturated rings. The Hall–Kier alpha value is -1.97. The topological polar surface area (TPSA) is 44.8 Å². The van der Waals surface area contributed by atoms with Gasteiger partial charge >= 0.3 is 5.97 Å². The zero-order valence-corrected chi connectivity index (χ0v) is 10.0. The average molecular weight is 236 g/mol. The molecule has 92 valence electrons. The summed E-state index contributed by atoms with van der Waals surface area (Å²) < 4.78 is 15.1. The lowest BCUT2D eigenvalue weighted by atomic mass is 10.3. The summed E-state index contributed by atoms with van der Waals surface area (Å²) in [5, 5.41) is 0. The summed E-state index contributed by atoms with van der Waals surface area (Å²) in [6, 6.07) is 7.23. The Labute approximate surface area is 101 Å². The molecule has 0 aromatic heterocycles. The van der Waals surface area contributed by atoms with E-state index in [-0.39, 0.29) is 5.97 Å². The fraction of sp³-hybridized carbons (Fsp3) is 0.308. The van der Waals surface area contributed by atoms with Crippen molar-refractivity contribution in [2.24, 2.45) is 0 Å². The third-order valence-electron chi connectivity index (χ3n) is 1.95. The lowest BCUT2D eigenvalue weighted by Crippen LogP contribution is -2.00. The normalized spacial score (nSPS) is 10.2. The molecule has 0 bridgehead atoms. The summed E-state index contributed by atoms with van der Waals surface area (Å²) in [6.07, 6.45) is 2.97. The van der Waals surface area contributed by atoms with Gasteiger partial charge in [-0.15, -0.1) is 0 Å². The van der Waals surface area contributed by atoms with Gasteiger partial charge in [0, 0.05) is 6.08 Å². The lowest BCUT2D eigenvalue weighted by molar-refractivity contribution is -0.137. The molecule has 4 heteroatoms. The fourth-order valence-electron chi connectivity index (χ4n) is 1.15. The molecule has 0 spiro atoms. The van der Waals surface area contributed by atoms with E-state index in [1.54, 1.807) is 32.2 Å². The van der Waals surface area contributed by atoms with Crippen molar-refractivity contribution in [2.75, 3.05) is 20.3 Å². The molecule has 0 unspecified atom stereocenters. The molecule has 4 nitrogen and oxygen atoms in total. The summed E-state index contributed by atoms with van der Waals surface area (Å²) in [7, 11) is 1.61. The molecule has 1 aromatic carbocycles. The zero-order chi connectivity index (χ0) is 12.5. The van der Waals surface area contributed by atoms with E-state index in [1.165, 1.54) is 6.08 Å². The minimum atomic E-state index is -0.356. The summed E-state index contributed by atoms with van der Waals surface area (Å²) in [4.78, 5) is 11.0. The number of hydrogen-bond donors (Lipinski definition) is 0. The van der Waals surface area contributed by atoms with Gasteiger partial charge in [-0.2, -0.15) is 0 Å². The number of hydrogen-bond acceptors (Lipinski definition) is 4. The first-order valence-electron chi connectivity index (χ1n) is 5.36.